The Hall–Kier alpha value is -2.63. The van der Waals surface area contributed by atoms with Gasteiger partial charge in [-0.1, -0.05) is 30.3 Å². The zero-order valence-electron chi connectivity index (χ0n) is 14.5. The molecule has 0 atom stereocenters. The second-order valence-electron chi connectivity index (χ2n) is 6.00. The zero-order chi connectivity index (χ0) is 17.9. The van der Waals surface area contributed by atoms with Gasteiger partial charge in [-0.3, -0.25) is 4.79 Å². The average Bonchev–Trinajstić information content (AvgIpc) is 3.12. The monoisotopic (exact) mass is 365 g/mol. The van der Waals surface area contributed by atoms with E-state index in [1.807, 2.05) is 61.5 Å². The van der Waals surface area contributed by atoms with E-state index >= 15 is 0 Å². The lowest BCUT2D eigenvalue weighted by molar-refractivity contribution is 0.102. The molecule has 4 rings (SSSR count). The first-order chi connectivity index (χ1) is 12.8. The second-order valence-corrected chi connectivity index (χ2v) is 7.05. The van der Waals surface area contributed by atoms with Crippen LogP contribution in [-0.4, -0.2) is 12.5 Å². The minimum atomic E-state index is -0.106. The smallest absolute Gasteiger partial charge is 0.265 e. The molecule has 0 radical (unpaired) electrons. The molecular formula is C21H19NO3S. The summed E-state index contributed by atoms with van der Waals surface area (Å²) in [7, 11) is 0. The summed E-state index contributed by atoms with van der Waals surface area (Å²) in [4.78, 5) is 14.6. The van der Waals surface area contributed by atoms with Gasteiger partial charge in [-0.25, -0.2) is 0 Å². The summed E-state index contributed by atoms with van der Waals surface area (Å²) in [6.07, 6.45) is 0. The summed E-state index contributed by atoms with van der Waals surface area (Å²) in [5.74, 6) is 0.765. The Balaban J connectivity index is 1.59. The molecule has 1 N–H and O–H groups in total. The first kappa shape index (κ1) is 16.8. The SMILES string of the molecule is CCOCc1ccccc1NC(=O)c1cc2c(s1)-c1ccccc1OC2. The van der Waals surface area contributed by atoms with E-state index in [0.717, 1.165) is 33.0 Å². The molecule has 0 bridgehead atoms. The van der Waals surface area contributed by atoms with Gasteiger partial charge in [0.25, 0.3) is 5.91 Å². The molecule has 4 nitrogen and oxygen atoms in total. The van der Waals surface area contributed by atoms with Crippen molar-refractivity contribution in [1.29, 1.82) is 0 Å². The largest absolute Gasteiger partial charge is 0.488 e. The number of carbonyl (C=O) groups excluding carboxylic acids is 1. The summed E-state index contributed by atoms with van der Waals surface area (Å²) >= 11 is 1.51. The number of carbonyl (C=O) groups is 1. The van der Waals surface area contributed by atoms with Gasteiger partial charge < -0.3 is 14.8 Å². The second kappa shape index (κ2) is 7.32. The van der Waals surface area contributed by atoms with Gasteiger partial charge in [-0.15, -0.1) is 11.3 Å². The number of thiophene rings is 1. The number of ether oxygens (including phenoxy) is 2. The van der Waals surface area contributed by atoms with Gasteiger partial charge in [-0.2, -0.15) is 0 Å². The van der Waals surface area contributed by atoms with Crippen molar-refractivity contribution in [3.63, 3.8) is 0 Å². The number of para-hydroxylation sites is 2. The van der Waals surface area contributed by atoms with Crippen LogP contribution in [0, 0.1) is 0 Å². The lowest BCUT2D eigenvalue weighted by atomic mass is 10.1. The van der Waals surface area contributed by atoms with Crippen LogP contribution in [0.25, 0.3) is 10.4 Å². The third-order valence-corrected chi connectivity index (χ3v) is 5.48. The Morgan fingerprint density at radius 1 is 1.19 bits per heavy atom. The van der Waals surface area contributed by atoms with Crippen molar-refractivity contribution >= 4 is 22.9 Å². The van der Waals surface area contributed by atoms with E-state index in [9.17, 15) is 4.79 Å². The van der Waals surface area contributed by atoms with E-state index in [1.54, 1.807) is 0 Å². The minimum absolute atomic E-state index is 0.106. The fraction of sp³-hybridized carbons (Fsp3) is 0.190. The Bertz CT molecular complexity index is 948. The predicted molar refractivity (Wildman–Crippen MR) is 104 cm³/mol. The number of anilines is 1. The van der Waals surface area contributed by atoms with Crippen molar-refractivity contribution < 1.29 is 14.3 Å². The van der Waals surface area contributed by atoms with E-state index in [-0.39, 0.29) is 5.91 Å². The molecule has 0 unspecified atom stereocenters. The fourth-order valence-electron chi connectivity index (χ4n) is 2.98. The molecule has 2 aromatic carbocycles. The first-order valence-corrected chi connectivity index (χ1v) is 9.40. The summed E-state index contributed by atoms with van der Waals surface area (Å²) in [6, 6.07) is 17.6. The summed E-state index contributed by atoms with van der Waals surface area (Å²) in [5.41, 5.74) is 3.86. The lowest BCUT2D eigenvalue weighted by Gasteiger charge is -2.16. The van der Waals surface area contributed by atoms with Crippen molar-refractivity contribution in [3.05, 3.63) is 70.6 Å². The quantitative estimate of drug-likeness (QED) is 0.684. The van der Waals surface area contributed by atoms with Crippen LogP contribution < -0.4 is 10.1 Å². The van der Waals surface area contributed by atoms with E-state index in [4.69, 9.17) is 9.47 Å². The molecule has 0 saturated carbocycles. The van der Waals surface area contributed by atoms with Crippen LogP contribution in [0.1, 0.15) is 27.7 Å². The normalized spacial score (nSPS) is 12.0. The topological polar surface area (TPSA) is 47.6 Å². The number of benzene rings is 2. The molecule has 1 aromatic heterocycles. The van der Waals surface area contributed by atoms with Crippen molar-refractivity contribution in [3.8, 4) is 16.2 Å². The average molecular weight is 365 g/mol. The van der Waals surface area contributed by atoms with Gasteiger partial charge in [-0.05, 0) is 31.2 Å². The molecule has 1 aliphatic rings. The summed E-state index contributed by atoms with van der Waals surface area (Å²) in [6.45, 7) is 3.57. The van der Waals surface area contributed by atoms with Crippen LogP contribution in [-0.2, 0) is 18.0 Å². The molecule has 5 heteroatoms. The minimum Gasteiger partial charge on any atom is -0.488 e. The lowest BCUT2D eigenvalue weighted by Crippen LogP contribution is -2.12. The van der Waals surface area contributed by atoms with Crippen LogP contribution in [0.5, 0.6) is 5.75 Å². The number of amides is 1. The fourth-order valence-corrected chi connectivity index (χ4v) is 4.07. The highest BCUT2D eigenvalue weighted by Crippen LogP contribution is 2.42. The third-order valence-electron chi connectivity index (χ3n) is 4.27. The van der Waals surface area contributed by atoms with Crippen LogP contribution in [0.2, 0.25) is 0 Å². The highest BCUT2D eigenvalue weighted by atomic mass is 32.1. The van der Waals surface area contributed by atoms with Gasteiger partial charge in [0.2, 0.25) is 0 Å². The molecule has 3 aromatic rings. The maximum atomic E-state index is 12.8. The maximum absolute atomic E-state index is 12.8. The van der Waals surface area contributed by atoms with Crippen molar-refractivity contribution in [2.45, 2.75) is 20.1 Å². The number of fused-ring (bicyclic) bond motifs is 3. The maximum Gasteiger partial charge on any atom is 0.265 e. The van der Waals surface area contributed by atoms with Crippen molar-refractivity contribution in [1.82, 2.24) is 0 Å². The molecule has 2 heterocycles. The Kier molecular flexibility index (Phi) is 4.73. The molecule has 0 fully saturated rings. The third kappa shape index (κ3) is 3.23. The molecule has 0 aliphatic carbocycles. The number of hydrogen-bond acceptors (Lipinski definition) is 4. The van der Waals surface area contributed by atoms with E-state index in [1.165, 1.54) is 11.3 Å². The van der Waals surface area contributed by atoms with E-state index in [0.29, 0.717) is 24.7 Å². The van der Waals surface area contributed by atoms with Crippen molar-refractivity contribution in [2.75, 3.05) is 11.9 Å². The van der Waals surface area contributed by atoms with Gasteiger partial charge >= 0.3 is 0 Å². The molecule has 0 spiro atoms. The Labute approximate surface area is 156 Å². The van der Waals surface area contributed by atoms with Crippen LogP contribution >= 0.6 is 11.3 Å². The molecule has 132 valence electrons. The van der Waals surface area contributed by atoms with Gasteiger partial charge in [0.1, 0.15) is 12.4 Å². The molecule has 0 saturated heterocycles. The summed E-state index contributed by atoms with van der Waals surface area (Å²) in [5, 5.41) is 3.02. The number of hydrogen-bond donors (Lipinski definition) is 1. The predicted octanol–water partition coefficient (Wildman–Crippen LogP) is 5.10. The first-order valence-electron chi connectivity index (χ1n) is 8.58. The zero-order valence-corrected chi connectivity index (χ0v) is 15.3. The van der Waals surface area contributed by atoms with E-state index in [2.05, 4.69) is 5.32 Å². The Morgan fingerprint density at radius 3 is 2.88 bits per heavy atom. The molecule has 1 amide bonds. The molecular weight excluding hydrogens is 346 g/mol. The molecule has 1 aliphatic heterocycles. The summed E-state index contributed by atoms with van der Waals surface area (Å²) < 4.78 is 11.3. The van der Waals surface area contributed by atoms with Crippen molar-refractivity contribution in [2.24, 2.45) is 0 Å². The standard InChI is InChI=1S/C21H19NO3S/c1-2-24-12-14-7-3-5-9-17(14)22-21(23)19-11-15-13-25-18-10-6-4-8-16(18)20(15)26-19/h3-11H,2,12-13H2,1H3,(H,22,23). The highest BCUT2D eigenvalue weighted by Gasteiger charge is 2.22. The number of rotatable bonds is 5. The Morgan fingerprint density at radius 2 is 2.00 bits per heavy atom. The van der Waals surface area contributed by atoms with Gasteiger partial charge in [0, 0.05) is 33.9 Å². The number of nitrogens with one attached hydrogen (secondary N) is 1. The van der Waals surface area contributed by atoms with E-state index < -0.39 is 0 Å². The van der Waals surface area contributed by atoms with Crippen LogP contribution in [0.3, 0.4) is 0 Å². The van der Waals surface area contributed by atoms with Crippen LogP contribution in [0.4, 0.5) is 5.69 Å². The van der Waals surface area contributed by atoms with Gasteiger partial charge in [0.05, 0.1) is 11.5 Å². The highest BCUT2D eigenvalue weighted by molar-refractivity contribution is 7.17. The molecule has 26 heavy (non-hydrogen) atoms. The van der Waals surface area contributed by atoms with Gasteiger partial charge in [0.15, 0.2) is 0 Å². The van der Waals surface area contributed by atoms with Crippen LogP contribution in [0.15, 0.2) is 54.6 Å².